The summed E-state index contributed by atoms with van der Waals surface area (Å²) in [6.07, 6.45) is 0. The molecule has 0 N–H and O–H groups in total. The van der Waals surface area contributed by atoms with Crippen molar-refractivity contribution in [2.75, 3.05) is 21.1 Å². The van der Waals surface area contributed by atoms with E-state index < -0.39 is 0 Å². The predicted molar refractivity (Wildman–Crippen MR) is 82.1 cm³/mol. The van der Waals surface area contributed by atoms with Gasteiger partial charge in [-0.05, 0) is 5.56 Å². The van der Waals surface area contributed by atoms with Gasteiger partial charge in [-0.1, -0.05) is 67.6 Å². The van der Waals surface area contributed by atoms with E-state index in [0.29, 0.717) is 12.0 Å². The minimum Gasteiger partial charge on any atom is -1.00 e. The molecule has 0 spiro atoms. The number of hydrogen-bond acceptors (Lipinski definition) is 0. The van der Waals surface area contributed by atoms with Crippen LogP contribution in [0.2, 0.25) is 0 Å². The maximum atomic E-state index is 2.33. The van der Waals surface area contributed by atoms with E-state index in [1.165, 1.54) is 11.1 Å². The van der Waals surface area contributed by atoms with Crippen molar-refractivity contribution in [2.45, 2.75) is 18.9 Å². The summed E-state index contributed by atoms with van der Waals surface area (Å²) in [5.41, 5.74) is 2.82. The number of likely N-dealkylation sites (N-methyl/N-ethyl adjacent to an activating group) is 1. The van der Waals surface area contributed by atoms with Crippen molar-refractivity contribution in [2.24, 2.45) is 0 Å². The Morgan fingerprint density at radius 1 is 0.700 bits per heavy atom. The summed E-state index contributed by atoms with van der Waals surface area (Å²) in [6.45, 7) is 2.33. The Bertz CT molecular complexity index is 502. The van der Waals surface area contributed by atoms with Gasteiger partial charge in [-0.15, -0.1) is 0 Å². The third-order valence-corrected chi connectivity index (χ3v) is 3.77. The largest absolute Gasteiger partial charge is 1.00 e. The lowest BCUT2D eigenvalue weighted by molar-refractivity contribution is -0.904. The zero-order chi connectivity index (χ0) is 13.9. The van der Waals surface area contributed by atoms with Crippen molar-refractivity contribution in [1.82, 2.24) is 0 Å². The third kappa shape index (κ3) is 4.06. The van der Waals surface area contributed by atoms with Crippen molar-refractivity contribution in [3.05, 3.63) is 71.8 Å². The van der Waals surface area contributed by atoms with Gasteiger partial charge in [-0.3, -0.25) is 0 Å². The number of quaternary nitrogens is 1. The van der Waals surface area contributed by atoms with Crippen molar-refractivity contribution in [1.29, 1.82) is 0 Å². The van der Waals surface area contributed by atoms with E-state index in [0.717, 1.165) is 4.48 Å². The standard InChI is InChI=1S/C18H24N.HI/c1-15(16-11-7-5-8-12-16)18(19(2,3)4)17-13-9-6-10-14-17;/h5-15,18H,1-4H3;1H/q+1;/p-1. The summed E-state index contributed by atoms with van der Waals surface area (Å²) in [5, 5.41) is 0. The first-order valence-corrected chi connectivity index (χ1v) is 6.91. The lowest BCUT2D eigenvalue weighted by atomic mass is 9.87. The van der Waals surface area contributed by atoms with Crippen LogP contribution in [0.15, 0.2) is 60.7 Å². The molecule has 0 saturated carbocycles. The Morgan fingerprint density at radius 3 is 1.50 bits per heavy atom. The van der Waals surface area contributed by atoms with Gasteiger partial charge >= 0.3 is 0 Å². The highest BCUT2D eigenvalue weighted by Gasteiger charge is 2.32. The molecule has 2 aromatic rings. The number of benzene rings is 2. The van der Waals surface area contributed by atoms with Gasteiger partial charge in [0.15, 0.2) is 0 Å². The number of nitrogens with zero attached hydrogens (tertiary/aromatic N) is 1. The molecule has 0 heterocycles. The second kappa shape index (κ2) is 7.23. The highest BCUT2D eigenvalue weighted by molar-refractivity contribution is 5.26. The molecule has 2 unspecified atom stereocenters. The molecule has 0 bridgehead atoms. The summed E-state index contributed by atoms with van der Waals surface area (Å²) in [5.74, 6) is 0.489. The Morgan fingerprint density at radius 2 is 1.10 bits per heavy atom. The van der Waals surface area contributed by atoms with Crippen molar-refractivity contribution < 1.29 is 28.5 Å². The van der Waals surface area contributed by atoms with Crippen molar-refractivity contribution in [3.8, 4) is 0 Å². The van der Waals surface area contributed by atoms with E-state index in [2.05, 4.69) is 88.7 Å². The monoisotopic (exact) mass is 381 g/mol. The van der Waals surface area contributed by atoms with Crippen LogP contribution in [0, 0.1) is 0 Å². The molecule has 2 rings (SSSR count). The maximum Gasteiger partial charge on any atom is 0.121 e. The predicted octanol–water partition coefficient (Wildman–Crippen LogP) is 1.24. The number of rotatable bonds is 4. The molecule has 1 nitrogen and oxygen atoms in total. The molecule has 2 aromatic carbocycles. The Balaban J connectivity index is 0.00000200. The van der Waals surface area contributed by atoms with Gasteiger partial charge in [0.2, 0.25) is 0 Å². The zero-order valence-electron chi connectivity index (χ0n) is 12.8. The molecule has 0 aromatic heterocycles. The van der Waals surface area contributed by atoms with Crippen LogP contribution in [-0.4, -0.2) is 25.6 Å². The highest BCUT2D eigenvalue weighted by Crippen LogP contribution is 2.37. The van der Waals surface area contributed by atoms with E-state index in [4.69, 9.17) is 0 Å². The van der Waals surface area contributed by atoms with Crippen LogP contribution in [0.5, 0.6) is 0 Å². The van der Waals surface area contributed by atoms with Crippen LogP contribution in [0.25, 0.3) is 0 Å². The van der Waals surface area contributed by atoms with Gasteiger partial charge in [0.1, 0.15) is 6.04 Å². The molecule has 0 aliphatic heterocycles. The Labute approximate surface area is 140 Å². The first-order valence-electron chi connectivity index (χ1n) is 6.91. The van der Waals surface area contributed by atoms with E-state index in [1.54, 1.807) is 0 Å². The first kappa shape index (κ1) is 17.2. The molecule has 0 amide bonds. The van der Waals surface area contributed by atoms with Gasteiger partial charge in [-0.2, -0.15) is 0 Å². The number of hydrogen-bond donors (Lipinski definition) is 0. The van der Waals surface area contributed by atoms with Gasteiger partial charge in [-0.25, -0.2) is 0 Å². The molecule has 0 aliphatic carbocycles. The van der Waals surface area contributed by atoms with E-state index in [-0.39, 0.29) is 24.0 Å². The van der Waals surface area contributed by atoms with E-state index >= 15 is 0 Å². The fourth-order valence-corrected chi connectivity index (χ4v) is 3.00. The molecule has 108 valence electrons. The van der Waals surface area contributed by atoms with E-state index in [1.807, 2.05) is 0 Å². The number of halogens is 1. The van der Waals surface area contributed by atoms with Crippen LogP contribution in [0.3, 0.4) is 0 Å². The van der Waals surface area contributed by atoms with Gasteiger partial charge in [0.05, 0.1) is 21.1 Å². The van der Waals surface area contributed by atoms with Crippen molar-refractivity contribution in [3.63, 3.8) is 0 Å². The van der Waals surface area contributed by atoms with Gasteiger partial charge in [0, 0.05) is 11.5 Å². The Hall–Kier alpha value is -0.870. The zero-order valence-corrected chi connectivity index (χ0v) is 14.9. The highest BCUT2D eigenvalue weighted by atomic mass is 127. The lowest BCUT2D eigenvalue weighted by Crippen LogP contribution is -3.00. The normalized spacial score (nSPS) is 14.2. The fourth-order valence-electron chi connectivity index (χ4n) is 3.00. The summed E-state index contributed by atoms with van der Waals surface area (Å²) in [6, 6.07) is 22.1. The molecule has 2 atom stereocenters. The molecular weight excluding hydrogens is 357 g/mol. The first-order chi connectivity index (χ1) is 9.00. The fraction of sp³-hybridized carbons (Fsp3) is 0.333. The molecule has 0 radical (unpaired) electrons. The van der Waals surface area contributed by atoms with Gasteiger partial charge in [0.25, 0.3) is 0 Å². The quantitative estimate of drug-likeness (QED) is 0.553. The van der Waals surface area contributed by atoms with Crippen LogP contribution >= 0.6 is 0 Å². The maximum absolute atomic E-state index is 2.33. The molecule has 20 heavy (non-hydrogen) atoms. The average molecular weight is 381 g/mol. The summed E-state index contributed by atoms with van der Waals surface area (Å²) >= 11 is 0. The smallest absolute Gasteiger partial charge is 0.121 e. The second-order valence-electron chi connectivity index (χ2n) is 6.17. The van der Waals surface area contributed by atoms with Crippen LogP contribution < -0.4 is 24.0 Å². The second-order valence-corrected chi connectivity index (χ2v) is 6.17. The molecule has 0 aliphatic rings. The topological polar surface area (TPSA) is 0 Å². The molecular formula is C18H24IN. The summed E-state index contributed by atoms with van der Waals surface area (Å²) in [4.78, 5) is 0. The molecule has 0 fully saturated rings. The summed E-state index contributed by atoms with van der Waals surface area (Å²) in [7, 11) is 6.82. The third-order valence-electron chi connectivity index (χ3n) is 3.77. The average Bonchev–Trinajstić information content (AvgIpc) is 2.39. The summed E-state index contributed by atoms with van der Waals surface area (Å²) < 4.78 is 0.931. The minimum absolute atomic E-state index is 0. The van der Waals surface area contributed by atoms with Crippen LogP contribution in [0.1, 0.15) is 30.0 Å². The molecule has 2 heteroatoms. The minimum atomic E-state index is 0. The SMILES string of the molecule is CC(c1ccccc1)C(c1ccccc1)[N+](C)(C)C.[I-]. The van der Waals surface area contributed by atoms with E-state index in [9.17, 15) is 0 Å². The van der Waals surface area contributed by atoms with Crippen LogP contribution in [-0.2, 0) is 0 Å². The van der Waals surface area contributed by atoms with Crippen LogP contribution in [0.4, 0.5) is 0 Å². The molecule has 0 saturated heterocycles. The van der Waals surface area contributed by atoms with Crippen molar-refractivity contribution >= 4 is 0 Å². The Kier molecular flexibility index (Phi) is 6.21. The lowest BCUT2D eigenvalue weighted by Gasteiger charge is -2.38. The van der Waals surface area contributed by atoms with Gasteiger partial charge < -0.3 is 28.5 Å².